The molecule has 3 N–H and O–H groups in total. The van der Waals surface area contributed by atoms with Crippen molar-refractivity contribution in [1.82, 2.24) is 0 Å². The quantitative estimate of drug-likeness (QED) is 0.370. The summed E-state index contributed by atoms with van der Waals surface area (Å²) in [6.45, 7) is 4.51. The first-order valence-corrected chi connectivity index (χ1v) is 9.32. The van der Waals surface area contributed by atoms with E-state index < -0.39 is 30.2 Å². The van der Waals surface area contributed by atoms with Crippen LogP contribution in [0.3, 0.4) is 0 Å². The molecular formula is C15H28O6Sn. The van der Waals surface area contributed by atoms with E-state index in [0.717, 1.165) is 47.7 Å². The Morgan fingerprint density at radius 3 is 2.41 bits per heavy atom. The Kier molecular flexibility index (Phi) is 8.81. The number of hydrogen-bond acceptors (Lipinski definition) is 6. The minimum atomic E-state index is -1.43. The summed E-state index contributed by atoms with van der Waals surface area (Å²) in [7, 11) is 1.44. The first kappa shape index (κ1) is 20.3. The summed E-state index contributed by atoms with van der Waals surface area (Å²) < 4.78 is 16.7. The van der Waals surface area contributed by atoms with Crippen molar-refractivity contribution >= 4 is 25.8 Å². The summed E-state index contributed by atoms with van der Waals surface area (Å²) in [6, 6.07) is 0. The van der Waals surface area contributed by atoms with Crippen molar-refractivity contribution in [3.05, 3.63) is 0 Å². The van der Waals surface area contributed by atoms with Gasteiger partial charge in [0, 0.05) is 0 Å². The number of unbranched alkanes of at least 4 members (excludes halogenated alkanes) is 2. The number of rotatable bonds is 9. The van der Waals surface area contributed by atoms with Crippen molar-refractivity contribution in [2.24, 2.45) is 0 Å². The van der Waals surface area contributed by atoms with Gasteiger partial charge >= 0.3 is 145 Å². The molecule has 1 rings (SSSR count). The van der Waals surface area contributed by atoms with Crippen LogP contribution in [0.25, 0.3) is 0 Å². The third-order valence-electron chi connectivity index (χ3n) is 4.00. The fourth-order valence-corrected chi connectivity index (χ4v) is 3.41. The molecule has 128 valence electrons. The monoisotopic (exact) mass is 424 g/mol. The molecular weight excluding hydrogens is 395 g/mol. The van der Waals surface area contributed by atoms with Gasteiger partial charge in [-0.05, 0) is 0 Å². The van der Waals surface area contributed by atoms with E-state index in [1.807, 2.05) is 13.8 Å². The SMILES string of the molecule is CCCCO[C@H]1[C@H](O)[C@@H]([C](O)=[Sn])O[C@H](OC)[C@@]1(O)CCCC. The Morgan fingerprint density at radius 2 is 1.91 bits per heavy atom. The van der Waals surface area contributed by atoms with E-state index in [9.17, 15) is 15.3 Å². The van der Waals surface area contributed by atoms with E-state index in [4.69, 9.17) is 14.2 Å². The summed E-state index contributed by atoms with van der Waals surface area (Å²) in [5.41, 5.74) is -1.43. The Balaban J connectivity index is 3.02. The standard InChI is InChI=1S/C15H28O6.Sn/c1-4-6-8-15(18)13(20-9-7-5-2)12(17)11(10-16)21-14(15)19-3;/h11-14,16-18H,4-9H2,1-3H3;/t11-,12-,13+,14+,15-;/m1./s1. The summed E-state index contributed by atoms with van der Waals surface area (Å²) in [4.78, 5) is 0. The molecule has 0 aromatic carbocycles. The average molecular weight is 423 g/mol. The normalized spacial score (nSPS) is 35.5. The van der Waals surface area contributed by atoms with E-state index >= 15 is 0 Å². The number of aliphatic hydroxyl groups excluding tert-OH is 2. The third-order valence-corrected chi connectivity index (χ3v) is 4.81. The predicted molar refractivity (Wildman–Crippen MR) is 83.5 cm³/mol. The summed E-state index contributed by atoms with van der Waals surface area (Å²) in [6.07, 6.45) is 0.0529. The van der Waals surface area contributed by atoms with E-state index in [1.165, 1.54) is 7.11 Å². The second-order valence-corrected chi connectivity index (χ2v) is 7.20. The molecule has 0 unspecified atom stereocenters. The molecule has 22 heavy (non-hydrogen) atoms. The number of methoxy groups -OCH3 is 1. The molecule has 6 nitrogen and oxygen atoms in total. The van der Waals surface area contributed by atoms with Crippen molar-refractivity contribution in [3.8, 4) is 0 Å². The minimum absolute atomic E-state index is 0.0309. The summed E-state index contributed by atoms with van der Waals surface area (Å²) in [5.74, 6) is 0. The van der Waals surface area contributed by atoms with Crippen molar-refractivity contribution in [1.29, 1.82) is 0 Å². The van der Waals surface area contributed by atoms with Gasteiger partial charge in [0.25, 0.3) is 0 Å². The molecule has 1 saturated heterocycles. The summed E-state index contributed by atoms with van der Waals surface area (Å²) in [5, 5.41) is 31.4. The van der Waals surface area contributed by atoms with E-state index in [1.54, 1.807) is 0 Å². The first-order valence-electron chi connectivity index (χ1n) is 7.90. The maximum atomic E-state index is 11.1. The van der Waals surface area contributed by atoms with Crippen LogP contribution in [0.1, 0.15) is 46.0 Å². The number of ether oxygens (including phenoxy) is 3. The zero-order valence-electron chi connectivity index (χ0n) is 13.6. The molecule has 0 spiro atoms. The topological polar surface area (TPSA) is 88.4 Å². The van der Waals surface area contributed by atoms with Crippen LogP contribution in [-0.2, 0) is 14.2 Å². The molecule has 2 radical (unpaired) electrons. The van der Waals surface area contributed by atoms with Crippen LogP contribution in [-0.4, -0.2) is 85.0 Å². The van der Waals surface area contributed by atoms with E-state index in [-0.39, 0.29) is 3.70 Å². The molecule has 1 heterocycles. The van der Waals surface area contributed by atoms with Gasteiger partial charge in [0.1, 0.15) is 0 Å². The van der Waals surface area contributed by atoms with Gasteiger partial charge in [-0.3, -0.25) is 0 Å². The van der Waals surface area contributed by atoms with Gasteiger partial charge < -0.3 is 0 Å². The van der Waals surface area contributed by atoms with Crippen molar-refractivity contribution in [2.75, 3.05) is 13.7 Å². The molecule has 0 aromatic rings. The van der Waals surface area contributed by atoms with Crippen molar-refractivity contribution < 1.29 is 29.5 Å². The van der Waals surface area contributed by atoms with Crippen molar-refractivity contribution in [2.45, 2.75) is 76.2 Å². The number of hydrogen-bond donors (Lipinski definition) is 3. The van der Waals surface area contributed by atoms with Gasteiger partial charge in [-0.2, -0.15) is 0 Å². The zero-order valence-corrected chi connectivity index (χ0v) is 16.5. The average Bonchev–Trinajstić information content (AvgIpc) is 2.48. The molecule has 7 heteroatoms. The van der Waals surface area contributed by atoms with Gasteiger partial charge in [0.15, 0.2) is 0 Å². The molecule has 1 aliphatic rings. The zero-order chi connectivity index (χ0) is 16.8. The van der Waals surface area contributed by atoms with Crippen LogP contribution < -0.4 is 0 Å². The first-order chi connectivity index (χ1) is 10.4. The molecule has 1 fully saturated rings. The molecule has 0 aromatic heterocycles. The molecule has 1 aliphatic heterocycles. The Hall–Kier alpha value is 0.269. The molecule has 0 bridgehead atoms. The Bertz CT molecular complexity index is 353. The van der Waals surface area contributed by atoms with Crippen molar-refractivity contribution in [3.63, 3.8) is 0 Å². The van der Waals surface area contributed by atoms with Crippen LogP contribution in [0, 0.1) is 0 Å². The van der Waals surface area contributed by atoms with Gasteiger partial charge in [-0.1, -0.05) is 0 Å². The fourth-order valence-electron chi connectivity index (χ4n) is 2.72. The van der Waals surface area contributed by atoms with Crippen LogP contribution in [0.2, 0.25) is 0 Å². The molecule has 0 saturated carbocycles. The van der Waals surface area contributed by atoms with Gasteiger partial charge in [0.05, 0.1) is 0 Å². The maximum absolute atomic E-state index is 11.1. The van der Waals surface area contributed by atoms with Crippen LogP contribution in [0.15, 0.2) is 0 Å². The fraction of sp³-hybridized carbons (Fsp3) is 0.933. The van der Waals surface area contributed by atoms with E-state index in [0.29, 0.717) is 13.0 Å². The molecule has 0 amide bonds. The molecule has 5 atom stereocenters. The second kappa shape index (κ2) is 9.54. The van der Waals surface area contributed by atoms with Crippen LogP contribution in [0.5, 0.6) is 0 Å². The number of aliphatic hydroxyl groups is 3. The van der Waals surface area contributed by atoms with Gasteiger partial charge in [-0.25, -0.2) is 0 Å². The Morgan fingerprint density at radius 1 is 1.27 bits per heavy atom. The molecule has 0 aliphatic carbocycles. The second-order valence-electron chi connectivity index (χ2n) is 5.74. The van der Waals surface area contributed by atoms with Gasteiger partial charge in [0.2, 0.25) is 0 Å². The van der Waals surface area contributed by atoms with Gasteiger partial charge in [-0.15, -0.1) is 0 Å². The Labute approximate surface area is 145 Å². The van der Waals surface area contributed by atoms with Crippen LogP contribution >= 0.6 is 0 Å². The summed E-state index contributed by atoms with van der Waals surface area (Å²) >= 11 is 0.754. The third kappa shape index (κ3) is 4.64. The van der Waals surface area contributed by atoms with E-state index in [2.05, 4.69) is 0 Å². The van der Waals surface area contributed by atoms with Crippen LogP contribution in [0.4, 0.5) is 0 Å². The predicted octanol–water partition coefficient (Wildman–Crippen LogP) is 0.496.